The quantitative estimate of drug-likeness (QED) is 0.652. The average molecular weight is 252 g/mol. The monoisotopic (exact) mass is 252 g/mol. The van der Waals surface area contributed by atoms with Crippen molar-refractivity contribution >= 4 is 17.6 Å². The van der Waals surface area contributed by atoms with Gasteiger partial charge >= 0.3 is 5.97 Å². The number of amides is 1. The number of carboxylic acids is 1. The fourth-order valence-corrected chi connectivity index (χ4v) is 1.27. The van der Waals surface area contributed by atoms with Crippen LogP contribution in [0.5, 0.6) is 5.75 Å². The minimum absolute atomic E-state index is 0.0403. The van der Waals surface area contributed by atoms with Crippen LogP contribution in [0, 0.1) is 0 Å². The minimum atomic E-state index is -1.13. The Balaban J connectivity index is 2.60. The summed E-state index contributed by atoms with van der Waals surface area (Å²) >= 11 is 0. The van der Waals surface area contributed by atoms with E-state index in [9.17, 15) is 9.59 Å². The summed E-state index contributed by atoms with van der Waals surface area (Å²) in [5.41, 5.74) is 5.61. The smallest absolute Gasteiger partial charge is 0.337 e. The topological polar surface area (TPSA) is 102 Å². The molecule has 6 heteroatoms. The summed E-state index contributed by atoms with van der Waals surface area (Å²) in [6, 6.07) is 4.25. The van der Waals surface area contributed by atoms with E-state index in [1.54, 1.807) is 0 Å². The Bertz CT molecular complexity index is 446. The predicted molar refractivity (Wildman–Crippen MR) is 66.6 cm³/mol. The number of rotatable bonds is 6. The largest absolute Gasteiger partial charge is 0.484 e. The number of carbonyl (C=O) groups excluding carboxylic acids is 1. The molecule has 0 aliphatic carbocycles. The molecular weight excluding hydrogens is 236 g/mol. The van der Waals surface area contributed by atoms with Gasteiger partial charge in [-0.25, -0.2) is 4.79 Å². The van der Waals surface area contributed by atoms with Crippen molar-refractivity contribution in [2.24, 2.45) is 0 Å². The third-order valence-electron chi connectivity index (χ3n) is 2.20. The highest BCUT2D eigenvalue weighted by Crippen LogP contribution is 2.19. The second-order valence-corrected chi connectivity index (χ2v) is 3.69. The van der Waals surface area contributed by atoms with E-state index in [1.165, 1.54) is 18.2 Å². The van der Waals surface area contributed by atoms with Gasteiger partial charge in [0.1, 0.15) is 5.75 Å². The fourth-order valence-electron chi connectivity index (χ4n) is 1.27. The highest BCUT2D eigenvalue weighted by Gasteiger charge is 2.10. The summed E-state index contributed by atoms with van der Waals surface area (Å²) in [6.07, 6.45) is 0.844. The number of benzene rings is 1. The van der Waals surface area contributed by atoms with Crippen LogP contribution in [-0.4, -0.2) is 30.1 Å². The minimum Gasteiger partial charge on any atom is -0.484 e. The van der Waals surface area contributed by atoms with Gasteiger partial charge in [-0.05, 0) is 24.6 Å². The fraction of sp³-hybridized carbons (Fsp3) is 0.333. The number of ether oxygens (including phenoxy) is 1. The molecule has 0 saturated heterocycles. The van der Waals surface area contributed by atoms with Crippen LogP contribution in [0.15, 0.2) is 18.2 Å². The summed E-state index contributed by atoms with van der Waals surface area (Å²) in [7, 11) is 0. The van der Waals surface area contributed by atoms with E-state index in [1.807, 2.05) is 6.92 Å². The lowest BCUT2D eigenvalue weighted by molar-refractivity contribution is -0.123. The van der Waals surface area contributed by atoms with E-state index in [-0.39, 0.29) is 23.8 Å². The van der Waals surface area contributed by atoms with Gasteiger partial charge in [0.25, 0.3) is 5.91 Å². The maximum Gasteiger partial charge on any atom is 0.337 e. The van der Waals surface area contributed by atoms with Crippen LogP contribution in [0.1, 0.15) is 23.7 Å². The lowest BCUT2D eigenvalue weighted by Crippen LogP contribution is -2.29. The van der Waals surface area contributed by atoms with Gasteiger partial charge < -0.3 is 20.9 Å². The molecule has 1 aromatic rings. The zero-order valence-electron chi connectivity index (χ0n) is 10.1. The second-order valence-electron chi connectivity index (χ2n) is 3.69. The molecular formula is C12H16N2O4. The molecule has 0 unspecified atom stereocenters. The van der Waals surface area contributed by atoms with Gasteiger partial charge in [0.15, 0.2) is 6.61 Å². The van der Waals surface area contributed by atoms with E-state index in [0.29, 0.717) is 12.3 Å². The molecule has 0 aromatic heterocycles. The zero-order chi connectivity index (χ0) is 13.5. The first-order valence-corrected chi connectivity index (χ1v) is 5.57. The lowest BCUT2D eigenvalue weighted by atomic mass is 10.2. The number of aromatic carboxylic acids is 1. The molecule has 0 aliphatic heterocycles. The van der Waals surface area contributed by atoms with Crippen molar-refractivity contribution in [3.8, 4) is 5.75 Å². The Morgan fingerprint density at radius 1 is 1.44 bits per heavy atom. The van der Waals surface area contributed by atoms with E-state index >= 15 is 0 Å². The third-order valence-corrected chi connectivity index (χ3v) is 2.20. The van der Waals surface area contributed by atoms with Crippen LogP contribution in [0.3, 0.4) is 0 Å². The normalized spacial score (nSPS) is 9.83. The summed E-state index contributed by atoms with van der Waals surface area (Å²) in [6.45, 7) is 2.38. The third kappa shape index (κ3) is 3.97. The number of hydrogen-bond donors (Lipinski definition) is 3. The molecule has 0 aliphatic rings. The second kappa shape index (κ2) is 6.48. The number of carbonyl (C=O) groups is 2. The number of nitrogen functional groups attached to an aromatic ring is 1. The zero-order valence-corrected chi connectivity index (χ0v) is 10.1. The molecule has 0 radical (unpaired) electrons. The van der Waals surface area contributed by atoms with E-state index in [0.717, 1.165) is 6.42 Å². The highest BCUT2D eigenvalue weighted by molar-refractivity contribution is 5.94. The van der Waals surface area contributed by atoms with Crippen LogP contribution < -0.4 is 15.8 Å². The Morgan fingerprint density at radius 3 is 2.78 bits per heavy atom. The van der Waals surface area contributed by atoms with E-state index in [4.69, 9.17) is 15.6 Å². The van der Waals surface area contributed by atoms with Crippen LogP contribution in [0.2, 0.25) is 0 Å². The van der Waals surface area contributed by atoms with Crippen molar-refractivity contribution in [1.82, 2.24) is 5.32 Å². The first-order chi connectivity index (χ1) is 8.54. The van der Waals surface area contributed by atoms with Crippen molar-refractivity contribution in [3.63, 3.8) is 0 Å². The molecule has 98 valence electrons. The number of nitrogens with one attached hydrogen (secondary N) is 1. The molecule has 6 nitrogen and oxygen atoms in total. The Hall–Kier alpha value is -2.24. The average Bonchev–Trinajstić information content (AvgIpc) is 2.35. The number of anilines is 1. The van der Waals surface area contributed by atoms with Crippen molar-refractivity contribution < 1.29 is 19.4 Å². The standard InChI is InChI=1S/C12H16N2O4/c1-2-5-14-11(15)7-18-8-3-4-10(13)9(6-8)12(16)17/h3-4,6H,2,5,7,13H2,1H3,(H,14,15)(H,16,17). The maximum atomic E-state index is 11.3. The van der Waals surface area contributed by atoms with Gasteiger partial charge in [0.2, 0.25) is 0 Å². The van der Waals surface area contributed by atoms with Crippen molar-refractivity contribution in [2.45, 2.75) is 13.3 Å². The molecule has 0 fully saturated rings. The van der Waals surface area contributed by atoms with Crippen LogP contribution >= 0.6 is 0 Å². The lowest BCUT2D eigenvalue weighted by Gasteiger charge is -2.08. The first kappa shape index (κ1) is 13.8. The van der Waals surface area contributed by atoms with Crippen LogP contribution in [-0.2, 0) is 4.79 Å². The Morgan fingerprint density at radius 2 is 2.17 bits per heavy atom. The van der Waals surface area contributed by atoms with Crippen molar-refractivity contribution in [2.75, 3.05) is 18.9 Å². The Labute approximate surface area is 105 Å². The molecule has 0 atom stereocenters. The van der Waals surface area contributed by atoms with Crippen LogP contribution in [0.4, 0.5) is 5.69 Å². The molecule has 0 heterocycles. The summed E-state index contributed by atoms with van der Waals surface area (Å²) in [4.78, 5) is 22.1. The van der Waals surface area contributed by atoms with Crippen LogP contribution in [0.25, 0.3) is 0 Å². The SMILES string of the molecule is CCCNC(=O)COc1ccc(N)c(C(=O)O)c1. The van der Waals surface area contributed by atoms with Gasteiger partial charge in [-0.3, -0.25) is 4.79 Å². The molecule has 0 saturated carbocycles. The molecule has 1 rings (SSSR count). The molecule has 0 spiro atoms. The van der Waals surface area contributed by atoms with Gasteiger partial charge in [0.05, 0.1) is 5.56 Å². The van der Waals surface area contributed by atoms with Gasteiger partial charge in [-0.15, -0.1) is 0 Å². The summed E-state index contributed by atoms with van der Waals surface area (Å²) < 4.78 is 5.18. The number of nitrogens with two attached hydrogens (primary N) is 1. The highest BCUT2D eigenvalue weighted by atomic mass is 16.5. The van der Waals surface area contributed by atoms with Crippen molar-refractivity contribution in [1.29, 1.82) is 0 Å². The predicted octanol–water partition coefficient (Wildman–Crippen LogP) is 0.872. The van der Waals surface area contributed by atoms with Gasteiger partial charge in [-0.1, -0.05) is 6.92 Å². The number of carboxylic acid groups (broad SMARTS) is 1. The molecule has 1 amide bonds. The maximum absolute atomic E-state index is 11.3. The van der Waals surface area contributed by atoms with Gasteiger partial charge in [-0.2, -0.15) is 0 Å². The summed E-state index contributed by atoms with van der Waals surface area (Å²) in [5.74, 6) is -1.08. The Kier molecular flexibility index (Phi) is 4.98. The number of hydrogen-bond acceptors (Lipinski definition) is 4. The van der Waals surface area contributed by atoms with Crippen molar-refractivity contribution in [3.05, 3.63) is 23.8 Å². The molecule has 1 aromatic carbocycles. The summed E-state index contributed by atoms with van der Waals surface area (Å²) in [5, 5.41) is 11.5. The molecule has 0 bridgehead atoms. The van der Waals surface area contributed by atoms with Gasteiger partial charge in [0, 0.05) is 12.2 Å². The first-order valence-electron chi connectivity index (χ1n) is 5.57. The van der Waals surface area contributed by atoms with E-state index < -0.39 is 5.97 Å². The molecule has 18 heavy (non-hydrogen) atoms. The molecule has 4 N–H and O–H groups in total. The van der Waals surface area contributed by atoms with E-state index in [2.05, 4.69) is 5.32 Å².